The zero-order valence-corrected chi connectivity index (χ0v) is 15.7. The fourth-order valence-corrected chi connectivity index (χ4v) is 3.84. The Bertz CT molecular complexity index is 879. The van der Waals surface area contributed by atoms with Gasteiger partial charge in [-0.1, -0.05) is 44.2 Å². The van der Waals surface area contributed by atoms with Crippen molar-refractivity contribution in [2.45, 2.75) is 31.8 Å². The number of benzene rings is 2. The first-order chi connectivity index (χ1) is 12.1. The molecule has 4 nitrogen and oxygen atoms in total. The molecule has 130 valence electrons. The fourth-order valence-electron chi connectivity index (χ4n) is 3.03. The first-order valence-corrected chi connectivity index (χ1v) is 9.62. The monoisotopic (exact) mass is 354 g/mol. The van der Waals surface area contributed by atoms with Crippen LogP contribution in [0.1, 0.15) is 25.0 Å². The van der Waals surface area contributed by atoms with Gasteiger partial charge in [-0.15, -0.1) is 0 Å². The molecular formula is C20H24N3OS+. The Morgan fingerprint density at radius 2 is 1.76 bits per heavy atom. The lowest BCUT2D eigenvalue weighted by molar-refractivity contribution is -0.683. The summed E-state index contributed by atoms with van der Waals surface area (Å²) in [6.45, 7) is 4.23. The van der Waals surface area contributed by atoms with Crippen molar-refractivity contribution in [1.82, 2.24) is 4.98 Å². The van der Waals surface area contributed by atoms with Crippen LogP contribution in [0.25, 0.3) is 11.0 Å². The van der Waals surface area contributed by atoms with E-state index in [1.54, 1.807) is 0 Å². The number of nitrogens with one attached hydrogen (secondary N) is 2. The van der Waals surface area contributed by atoms with Crippen molar-refractivity contribution < 1.29 is 9.36 Å². The molecule has 0 bridgehead atoms. The highest BCUT2D eigenvalue weighted by molar-refractivity contribution is 7.99. The van der Waals surface area contributed by atoms with Crippen LogP contribution in [0.3, 0.4) is 0 Å². The van der Waals surface area contributed by atoms with Crippen molar-refractivity contribution in [2.75, 3.05) is 11.1 Å². The number of para-hydroxylation sites is 3. The third-order valence-corrected chi connectivity index (χ3v) is 5.47. The summed E-state index contributed by atoms with van der Waals surface area (Å²) in [6, 6.07) is 14.4. The number of rotatable bonds is 6. The predicted molar refractivity (Wildman–Crippen MR) is 104 cm³/mol. The maximum Gasteiger partial charge on any atom is 0.317 e. The quantitative estimate of drug-likeness (QED) is 0.522. The summed E-state index contributed by atoms with van der Waals surface area (Å²) in [4.78, 5) is 15.9. The summed E-state index contributed by atoms with van der Waals surface area (Å²) < 4.78 is 2.09. The first kappa shape index (κ1) is 17.5. The number of thioether (sulfide) groups is 1. The van der Waals surface area contributed by atoms with Crippen molar-refractivity contribution in [3.05, 3.63) is 53.6 Å². The van der Waals surface area contributed by atoms with Crippen molar-refractivity contribution >= 4 is 34.4 Å². The number of H-pyrrole nitrogens is 1. The molecule has 0 saturated carbocycles. The van der Waals surface area contributed by atoms with Gasteiger partial charge in [0.25, 0.3) is 0 Å². The number of nitrogens with zero attached hydrogens (tertiary/aromatic N) is 1. The second kappa shape index (κ2) is 7.74. The Morgan fingerprint density at radius 3 is 2.40 bits per heavy atom. The van der Waals surface area contributed by atoms with E-state index >= 15 is 0 Å². The van der Waals surface area contributed by atoms with E-state index < -0.39 is 0 Å². The zero-order chi connectivity index (χ0) is 17.8. The summed E-state index contributed by atoms with van der Waals surface area (Å²) >= 11 is 1.52. The second-order valence-corrected chi connectivity index (χ2v) is 6.97. The van der Waals surface area contributed by atoms with Gasteiger partial charge in [0.05, 0.1) is 12.8 Å². The number of hydrogen-bond donors (Lipinski definition) is 2. The minimum absolute atomic E-state index is 0.0271. The average molecular weight is 354 g/mol. The molecule has 1 amide bonds. The highest BCUT2D eigenvalue weighted by Crippen LogP contribution is 2.23. The lowest BCUT2D eigenvalue weighted by atomic mass is 10.0. The highest BCUT2D eigenvalue weighted by atomic mass is 32.2. The van der Waals surface area contributed by atoms with Crippen molar-refractivity contribution in [3.63, 3.8) is 0 Å². The Hall–Kier alpha value is -2.27. The molecular weight excluding hydrogens is 330 g/mol. The number of imidazole rings is 1. The molecule has 0 aliphatic carbocycles. The molecule has 1 heterocycles. The summed E-state index contributed by atoms with van der Waals surface area (Å²) in [5.41, 5.74) is 5.58. The van der Waals surface area contributed by atoms with E-state index in [1.807, 2.05) is 25.2 Å². The van der Waals surface area contributed by atoms with E-state index in [4.69, 9.17) is 0 Å². The molecule has 0 radical (unpaired) electrons. The number of carbonyl (C=O) groups is 1. The normalized spacial score (nSPS) is 11.0. The van der Waals surface area contributed by atoms with E-state index in [2.05, 4.69) is 53.0 Å². The van der Waals surface area contributed by atoms with Gasteiger partial charge in [-0.25, -0.2) is 9.55 Å². The van der Waals surface area contributed by atoms with Crippen LogP contribution in [0, 0.1) is 0 Å². The third kappa shape index (κ3) is 3.71. The summed E-state index contributed by atoms with van der Waals surface area (Å²) in [7, 11) is 2.01. The fraction of sp³-hybridized carbons (Fsp3) is 0.300. The van der Waals surface area contributed by atoms with Gasteiger partial charge in [-0.05, 0) is 47.9 Å². The molecule has 3 aromatic rings. The maximum absolute atomic E-state index is 12.5. The average Bonchev–Trinajstić information content (AvgIpc) is 2.96. The van der Waals surface area contributed by atoms with Gasteiger partial charge in [-0.3, -0.25) is 4.79 Å². The molecule has 0 aliphatic heterocycles. The van der Waals surface area contributed by atoms with Crippen LogP contribution in [-0.4, -0.2) is 16.6 Å². The number of aryl methyl sites for hydroxylation is 3. The molecule has 1 aromatic heterocycles. The van der Waals surface area contributed by atoms with Crippen molar-refractivity contribution in [2.24, 2.45) is 7.05 Å². The van der Waals surface area contributed by atoms with Crippen LogP contribution in [0.4, 0.5) is 5.69 Å². The molecule has 2 aromatic carbocycles. The van der Waals surface area contributed by atoms with Crippen LogP contribution >= 0.6 is 11.8 Å². The van der Waals surface area contributed by atoms with Gasteiger partial charge >= 0.3 is 5.16 Å². The molecule has 0 fully saturated rings. The van der Waals surface area contributed by atoms with E-state index in [0.717, 1.165) is 34.7 Å². The Labute approximate surface area is 152 Å². The molecule has 0 unspecified atom stereocenters. The number of aromatic amines is 1. The number of carbonyl (C=O) groups excluding carboxylic acids is 1. The maximum atomic E-state index is 12.5. The Morgan fingerprint density at radius 1 is 1.08 bits per heavy atom. The molecule has 0 spiro atoms. The van der Waals surface area contributed by atoms with Gasteiger partial charge in [0.1, 0.15) is 0 Å². The predicted octanol–water partition coefficient (Wildman–Crippen LogP) is 3.85. The smallest absolute Gasteiger partial charge is 0.317 e. The van der Waals surface area contributed by atoms with E-state index in [-0.39, 0.29) is 5.91 Å². The van der Waals surface area contributed by atoms with Gasteiger partial charge in [0.15, 0.2) is 11.0 Å². The molecule has 25 heavy (non-hydrogen) atoms. The summed E-state index contributed by atoms with van der Waals surface area (Å²) in [6.07, 6.45) is 1.82. The van der Waals surface area contributed by atoms with Gasteiger partial charge < -0.3 is 5.32 Å². The molecule has 0 saturated heterocycles. The third-order valence-electron chi connectivity index (χ3n) is 4.41. The number of fused-ring (bicyclic) bond motifs is 1. The molecule has 0 aliphatic rings. The van der Waals surface area contributed by atoms with E-state index in [1.165, 1.54) is 22.9 Å². The lowest BCUT2D eigenvalue weighted by Crippen LogP contribution is -2.29. The van der Waals surface area contributed by atoms with Crippen LogP contribution < -0.4 is 9.88 Å². The van der Waals surface area contributed by atoms with Crippen LogP contribution in [0.15, 0.2) is 47.6 Å². The van der Waals surface area contributed by atoms with E-state index in [9.17, 15) is 4.79 Å². The minimum atomic E-state index is 0.0271. The number of aromatic nitrogens is 2. The Kier molecular flexibility index (Phi) is 5.43. The van der Waals surface area contributed by atoms with Crippen molar-refractivity contribution in [1.29, 1.82) is 0 Å². The number of hydrogen-bond acceptors (Lipinski definition) is 2. The van der Waals surface area contributed by atoms with Crippen LogP contribution in [0.5, 0.6) is 0 Å². The second-order valence-electron chi connectivity index (χ2n) is 6.00. The summed E-state index contributed by atoms with van der Waals surface area (Å²) in [5, 5.41) is 4.10. The number of anilines is 1. The number of amides is 1. The molecule has 0 atom stereocenters. The minimum Gasteiger partial charge on any atom is -0.325 e. The van der Waals surface area contributed by atoms with Gasteiger partial charge in [-0.2, -0.15) is 0 Å². The molecule has 5 heteroatoms. The SMILES string of the molecule is CCc1cccc(CC)c1NC(=O)CSc1[nH]c2ccccc2[n+]1C. The molecule has 3 rings (SSSR count). The molecule has 2 N–H and O–H groups in total. The van der Waals surface area contributed by atoms with Gasteiger partial charge in [0.2, 0.25) is 5.91 Å². The van der Waals surface area contributed by atoms with Gasteiger partial charge in [0, 0.05) is 5.69 Å². The Balaban J connectivity index is 1.72. The standard InChI is InChI=1S/C20H23N3OS/c1-4-14-9-8-10-15(5-2)19(14)22-18(24)13-25-20-21-16-11-6-7-12-17(16)23(20)3/h6-12H,4-5,13H2,1-3H3,(H,22,24)/p+1. The topological polar surface area (TPSA) is 48.8 Å². The highest BCUT2D eigenvalue weighted by Gasteiger charge is 2.17. The lowest BCUT2D eigenvalue weighted by Gasteiger charge is -2.13. The first-order valence-electron chi connectivity index (χ1n) is 8.64. The van der Waals surface area contributed by atoms with Crippen molar-refractivity contribution in [3.8, 4) is 0 Å². The largest absolute Gasteiger partial charge is 0.325 e. The van der Waals surface area contributed by atoms with Crippen LogP contribution in [0.2, 0.25) is 0 Å². The van der Waals surface area contributed by atoms with E-state index in [0.29, 0.717) is 5.75 Å². The zero-order valence-electron chi connectivity index (χ0n) is 14.9. The summed E-state index contributed by atoms with van der Waals surface area (Å²) in [5.74, 6) is 0.404. The van der Waals surface area contributed by atoms with Crippen LogP contribution in [-0.2, 0) is 24.7 Å².